The maximum atomic E-state index is 11.1. The summed E-state index contributed by atoms with van der Waals surface area (Å²) in [5.74, 6) is 0.193. The molecule has 19 heavy (non-hydrogen) atoms. The smallest absolute Gasteiger partial charge is 0.209 e. The van der Waals surface area contributed by atoms with E-state index in [1.165, 1.54) is 0 Å². The van der Waals surface area contributed by atoms with E-state index < -0.39 is 10.0 Å². The molecule has 1 aromatic carbocycles. The molecule has 0 saturated carbocycles. The van der Waals surface area contributed by atoms with Crippen LogP contribution in [-0.4, -0.2) is 20.8 Å². The molecule has 0 amide bonds. The molecule has 0 aromatic heterocycles. The molecule has 1 unspecified atom stereocenters. The Labute approximate surface area is 123 Å². The molecule has 0 spiro atoms. The van der Waals surface area contributed by atoms with Gasteiger partial charge in [-0.3, -0.25) is 0 Å². The van der Waals surface area contributed by atoms with E-state index in [0.717, 1.165) is 6.42 Å². The molecule has 2 N–H and O–H groups in total. The average molecular weight is 326 g/mol. The number of primary sulfonamides is 1. The summed E-state index contributed by atoms with van der Waals surface area (Å²) in [4.78, 5) is 0. The molecule has 4 nitrogen and oxygen atoms in total. The molecule has 7 heteroatoms. The van der Waals surface area contributed by atoms with E-state index in [2.05, 4.69) is 0 Å². The van der Waals surface area contributed by atoms with Crippen molar-refractivity contribution in [1.29, 1.82) is 0 Å². The molecule has 0 saturated heterocycles. The van der Waals surface area contributed by atoms with Gasteiger partial charge in [0.15, 0.2) is 0 Å². The van der Waals surface area contributed by atoms with Gasteiger partial charge >= 0.3 is 0 Å². The van der Waals surface area contributed by atoms with Gasteiger partial charge < -0.3 is 4.74 Å². The molecule has 0 fully saturated rings. The fourth-order valence-electron chi connectivity index (χ4n) is 1.75. The number of sulfonamides is 1. The van der Waals surface area contributed by atoms with Gasteiger partial charge in [-0.15, -0.1) is 0 Å². The van der Waals surface area contributed by atoms with Crippen LogP contribution in [-0.2, 0) is 10.0 Å². The maximum Gasteiger partial charge on any atom is 0.209 e. The van der Waals surface area contributed by atoms with Crippen molar-refractivity contribution in [3.63, 3.8) is 0 Å². The second-order valence-corrected chi connectivity index (χ2v) is 6.79. The maximum absolute atomic E-state index is 11.1. The summed E-state index contributed by atoms with van der Waals surface area (Å²) in [7, 11) is -3.51. The van der Waals surface area contributed by atoms with E-state index in [1.54, 1.807) is 18.2 Å². The number of hydrogen-bond acceptors (Lipinski definition) is 3. The molecule has 0 aliphatic carbocycles. The zero-order valence-corrected chi connectivity index (χ0v) is 12.9. The van der Waals surface area contributed by atoms with Crippen LogP contribution < -0.4 is 9.88 Å². The molecule has 0 heterocycles. The third-order valence-electron chi connectivity index (χ3n) is 2.56. The van der Waals surface area contributed by atoms with Gasteiger partial charge in [0, 0.05) is 5.92 Å². The fourth-order valence-corrected chi connectivity index (χ4v) is 3.02. The van der Waals surface area contributed by atoms with Gasteiger partial charge in [-0.25, -0.2) is 13.6 Å². The summed E-state index contributed by atoms with van der Waals surface area (Å²) < 4.78 is 27.8. The van der Waals surface area contributed by atoms with Crippen molar-refractivity contribution in [2.75, 3.05) is 12.4 Å². The minimum Gasteiger partial charge on any atom is -0.492 e. The van der Waals surface area contributed by atoms with E-state index in [9.17, 15) is 8.42 Å². The first-order chi connectivity index (χ1) is 8.83. The van der Waals surface area contributed by atoms with Gasteiger partial charge in [0.25, 0.3) is 0 Å². The van der Waals surface area contributed by atoms with Crippen molar-refractivity contribution in [3.8, 4) is 5.75 Å². The highest BCUT2D eigenvalue weighted by atomic mass is 35.5. The average Bonchev–Trinajstić information content (AvgIpc) is 2.29. The molecule has 108 valence electrons. The second-order valence-electron chi connectivity index (χ2n) is 4.35. The number of benzene rings is 1. The van der Waals surface area contributed by atoms with Gasteiger partial charge in [0.2, 0.25) is 10.0 Å². The molecule has 1 rings (SSSR count). The van der Waals surface area contributed by atoms with Gasteiger partial charge in [-0.05, 0) is 18.6 Å². The van der Waals surface area contributed by atoms with Crippen LogP contribution in [0.5, 0.6) is 5.75 Å². The quantitative estimate of drug-likeness (QED) is 0.837. The minimum absolute atomic E-state index is 0.0982. The number of rotatable bonds is 7. The number of hydrogen-bond donors (Lipinski definition) is 1. The summed E-state index contributed by atoms with van der Waals surface area (Å²) >= 11 is 11.9. The SMILES string of the molecule is CCCC(COc1cccc(Cl)c1Cl)CS(N)(=O)=O. The molecule has 1 aromatic rings. The first kappa shape index (κ1) is 16.6. The highest BCUT2D eigenvalue weighted by Gasteiger charge is 2.17. The molecule has 0 radical (unpaired) electrons. The van der Waals surface area contributed by atoms with Crippen LogP contribution in [0.2, 0.25) is 10.0 Å². The third kappa shape index (κ3) is 5.99. The Balaban J connectivity index is 2.68. The minimum atomic E-state index is -3.51. The summed E-state index contributed by atoms with van der Waals surface area (Å²) in [6.45, 7) is 2.22. The first-order valence-electron chi connectivity index (χ1n) is 5.90. The van der Waals surface area contributed by atoms with Crippen LogP contribution in [0.1, 0.15) is 19.8 Å². The van der Waals surface area contributed by atoms with Gasteiger partial charge in [-0.1, -0.05) is 42.6 Å². The van der Waals surface area contributed by atoms with Crippen LogP contribution in [0.4, 0.5) is 0 Å². The van der Waals surface area contributed by atoms with Crippen molar-refractivity contribution in [2.24, 2.45) is 11.1 Å². The van der Waals surface area contributed by atoms with Gasteiger partial charge in [0.05, 0.1) is 17.4 Å². The van der Waals surface area contributed by atoms with E-state index in [4.69, 9.17) is 33.1 Å². The monoisotopic (exact) mass is 325 g/mol. The lowest BCUT2D eigenvalue weighted by atomic mass is 10.1. The van der Waals surface area contributed by atoms with Gasteiger partial charge in [-0.2, -0.15) is 0 Å². The Morgan fingerprint density at radius 3 is 2.63 bits per heavy atom. The van der Waals surface area contributed by atoms with Crippen molar-refractivity contribution in [1.82, 2.24) is 0 Å². The van der Waals surface area contributed by atoms with E-state index in [-0.39, 0.29) is 18.3 Å². The predicted molar refractivity (Wildman–Crippen MR) is 78.3 cm³/mol. The Morgan fingerprint density at radius 1 is 1.37 bits per heavy atom. The Hall–Kier alpha value is -0.490. The summed E-state index contributed by atoms with van der Waals surface area (Å²) in [6.07, 6.45) is 1.57. The van der Waals surface area contributed by atoms with Crippen LogP contribution in [0.25, 0.3) is 0 Å². The molecule has 0 aliphatic heterocycles. The highest BCUT2D eigenvalue weighted by molar-refractivity contribution is 7.89. The van der Waals surface area contributed by atoms with E-state index in [1.807, 2.05) is 6.92 Å². The van der Waals surface area contributed by atoms with Crippen molar-refractivity contribution in [2.45, 2.75) is 19.8 Å². The lowest BCUT2D eigenvalue weighted by molar-refractivity contribution is 0.253. The molecular formula is C12H17Cl2NO3S. The molecular weight excluding hydrogens is 309 g/mol. The van der Waals surface area contributed by atoms with Crippen molar-refractivity contribution < 1.29 is 13.2 Å². The number of nitrogens with two attached hydrogens (primary N) is 1. The first-order valence-corrected chi connectivity index (χ1v) is 8.38. The summed E-state index contributed by atoms with van der Waals surface area (Å²) in [6, 6.07) is 5.07. The zero-order chi connectivity index (χ0) is 14.5. The third-order valence-corrected chi connectivity index (χ3v) is 4.29. The van der Waals surface area contributed by atoms with Crippen LogP contribution in [0, 0.1) is 5.92 Å². The summed E-state index contributed by atoms with van der Waals surface area (Å²) in [5.41, 5.74) is 0. The van der Waals surface area contributed by atoms with Gasteiger partial charge in [0.1, 0.15) is 10.8 Å². The number of ether oxygens (including phenoxy) is 1. The van der Waals surface area contributed by atoms with Crippen LogP contribution in [0.15, 0.2) is 18.2 Å². The Kier molecular flexibility index (Phi) is 6.39. The topological polar surface area (TPSA) is 69.4 Å². The summed E-state index contributed by atoms with van der Waals surface area (Å²) in [5, 5.41) is 5.79. The number of halogens is 2. The predicted octanol–water partition coefficient (Wildman–Crippen LogP) is 3.08. The van der Waals surface area contributed by atoms with E-state index >= 15 is 0 Å². The molecule has 1 atom stereocenters. The van der Waals surface area contributed by atoms with Crippen molar-refractivity contribution in [3.05, 3.63) is 28.2 Å². The standard InChI is InChI=1S/C12H17Cl2NO3S/c1-2-4-9(8-19(15,16)17)7-18-11-6-3-5-10(13)12(11)14/h3,5-6,9H,2,4,7-8H2,1H3,(H2,15,16,17). The fraction of sp³-hybridized carbons (Fsp3) is 0.500. The van der Waals surface area contributed by atoms with Crippen LogP contribution >= 0.6 is 23.2 Å². The second kappa shape index (κ2) is 7.33. The Bertz CT molecular complexity index is 520. The van der Waals surface area contributed by atoms with Crippen LogP contribution in [0.3, 0.4) is 0 Å². The Morgan fingerprint density at radius 2 is 2.05 bits per heavy atom. The van der Waals surface area contributed by atoms with E-state index in [0.29, 0.717) is 22.2 Å². The highest BCUT2D eigenvalue weighted by Crippen LogP contribution is 2.31. The van der Waals surface area contributed by atoms with Crippen molar-refractivity contribution >= 4 is 33.2 Å². The molecule has 0 aliphatic rings. The molecule has 0 bridgehead atoms. The largest absolute Gasteiger partial charge is 0.492 e. The normalized spacial score (nSPS) is 13.3. The lowest BCUT2D eigenvalue weighted by Gasteiger charge is -2.16. The lowest BCUT2D eigenvalue weighted by Crippen LogP contribution is -2.27. The zero-order valence-electron chi connectivity index (χ0n) is 10.6.